The number of fused-ring (bicyclic) bond motifs is 2. The van der Waals surface area contributed by atoms with Gasteiger partial charge >= 0.3 is 5.97 Å². The molecule has 2 heterocycles. The third-order valence-corrected chi connectivity index (χ3v) is 5.52. The van der Waals surface area contributed by atoms with E-state index in [0.29, 0.717) is 12.1 Å². The molecule has 0 aromatic heterocycles. The molecule has 0 radical (unpaired) electrons. The summed E-state index contributed by atoms with van der Waals surface area (Å²) in [5, 5.41) is 3.56. The van der Waals surface area contributed by atoms with Crippen molar-refractivity contribution in [3.63, 3.8) is 0 Å². The minimum Gasteiger partial charge on any atom is -0.468 e. The first kappa shape index (κ1) is 16.7. The number of rotatable bonds is 7. The van der Waals surface area contributed by atoms with Crippen molar-refractivity contribution in [3.8, 4) is 0 Å². The fraction of sp³-hybridized carbons (Fsp3) is 0.938. The monoisotopic (exact) mass is 297 g/mol. The van der Waals surface area contributed by atoms with Crippen LogP contribution in [0, 0.1) is 0 Å². The lowest BCUT2D eigenvalue weighted by Gasteiger charge is -2.44. The second kappa shape index (κ2) is 7.07. The van der Waals surface area contributed by atoms with Crippen LogP contribution < -0.4 is 5.32 Å². The molecule has 2 rings (SSSR count). The number of likely N-dealkylation sites (N-methyl/N-ethyl adjacent to an activating group) is 1. The third-order valence-electron chi connectivity index (χ3n) is 5.52. The molecule has 0 aliphatic carbocycles. The molecule has 122 valence electrons. The summed E-state index contributed by atoms with van der Waals surface area (Å²) in [4.78, 5) is 17.2. The Hall–Kier alpha value is -0.650. The molecular formula is C16H31N3O2. The number of hydrogen-bond acceptors (Lipinski definition) is 5. The lowest BCUT2D eigenvalue weighted by molar-refractivity contribution is -0.152. The molecule has 0 spiro atoms. The van der Waals surface area contributed by atoms with Gasteiger partial charge in [-0.1, -0.05) is 13.8 Å². The van der Waals surface area contributed by atoms with E-state index >= 15 is 0 Å². The number of piperidine rings is 1. The highest BCUT2D eigenvalue weighted by atomic mass is 16.5. The first-order chi connectivity index (χ1) is 10.1. The van der Waals surface area contributed by atoms with Gasteiger partial charge in [-0.3, -0.25) is 4.79 Å². The molecule has 2 saturated heterocycles. The molecule has 0 amide bonds. The summed E-state index contributed by atoms with van der Waals surface area (Å²) >= 11 is 0. The Kier molecular flexibility index (Phi) is 5.63. The summed E-state index contributed by atoms with van der Waals surface area (Å²) < 4.78 is 5.13. The molecule has 0 saturated carbocycles. The van der Waals surface area contributed by atoms with E-state index in [1.54, 1.807) is 0 Å². The predicted molar refractivity (Wildman–Crippen MR) is 84.3 cm³/mol. The Balaban J connectivity index is 2.00. The molecule has 2 unspecified atom stereocenters. The first-order valence-electron chi connectivity index (χ1n) is 8.34. The number of esters is 1. The van der Waals surface area contributed by atoms with Crippen LogP contribution in [0.1, 0.15) is 39.5 Å². The average Bonchev–Trinajstić information content (AvgIpc) is 2.73. The molecule has 5 nitrogen and oxygen atoms in total. The van der Waals surface area contributed by atoms with Crippen molar-refractivity contribution in [2.24, 2.45) is 0 Å². The normalized spacial score (nSPS) is 32.6. The van der Waals surface area contributed by atoms with E-state index in [1.807, 2.05) is 0 Å². The van der Waals surface area contributed by atoms with Crippen molar-refractivity contribution in [1.29, 1.82) is 0 Å². The molecule has 21 heavy (non-hydrogen) atoms. The Bertz CT molecular complexity index is 343. The molecule has 0 aromatic carbocycles. The SMILES string of the molecule is CCN(CC)CCNC1(C(=O)OC)CC2CCC(C1)N2C. The molecule has 2 bridgehead atoms. The molecule has 2 atom stereocenters. The van der Waals surface area contributed by atoms with Crippen LogP contribution in [0.5, 0.6) is 0 Å². The number of nitrogens with one attached hydrogen (secondary N) is 1. The minimum absolute atomic E-state index is 0.0768. The maximum atomic E-state index is 12.4. The fourth-order valence-electron chi connectivity index (χ4n) is 4.04. The van der Waals surface area contributed by atoms with Crippen molar-refractivity contribution in [3.05, 3.63) is 0 Å². The van der Waals surface area contributed by atoms with Gasteiger partial charge in [-0.15, -0.1) is 0 Å². The third kappa shape index (κ3) is 3.41. The van der Waals surface area contributed by atoms with Gasteiger partial charge in [0, 0.05) is 25.2 Å². The zero-order valence-corrected chi connectivity index (χ0v) is 14.0. The Morgan fingerprint density at radius 3 is 2.33 bits per heavy atom. The van der Waals surface area contributed by atoms with Gasteiger partial charge in [0.25, 0.3) is 0 Å². The zero-order chi connectivity index (χ0) is 15.5. The number of carbonyl (C=O) groups excluding carboxylic acids is 1. The number of methoxy groups -OCH3 is 1. The van der Waals surface area contributed by atoms with Crippen LogP contribution in [0.25, 0.3) is 0 Å². The number of hydrogen-bond donors (Lipinski definition) is 1. The van der Waals surface area contributed by atoms with Gasteiger partial charge < -0.3 is 19.9 Å². The van der Waals surface area contributed by atoms with Gasteiger partial charge in [0.15, 0.2) is 0 Å². The average molecular weight is 297 g/mol. The topological polar surface area (TPSA) is 44.8 Å². The summed E-state index contributed by atoms with van der Waals surface area (Å²) in [7, 11) is 3.70. The second-order valence-electron chi connectivity index (χ2n) is 6.49. The molecular weight excluding hydrogens is 266 g/mol. The Morgan fingerprint density at radius 2 is 1.86 bits per heavy atom. The van der Waals surface area contributed by atoms with E-state index in [9.17, 15) is 4.79 Å². The van der Waals surface area contributed by atoms with E-state index < -0.39 is 5.54 Å². The molecule has 1 N–H and O–H groups in total. The summed E-state index contributed by atoms with van der Waals surface area (Å²) in [6.45, 7) is 8.29. The van der Waals surface area contributed by atoms with Crippen LogP contribution in [0.2, 0.25) is 0 Å². The van der Waals surface area contributed by atoms with Gasteiger partial charge in [-0.05, 0) is 45.8 Å². The predicted octanol–water partition coefficient (Wildman–Crippen LogP) is 1.09. The lowest BCUT2D eigenvalue weighted by Crippen LogP contribution is -2.62. The standard InChI is InChI=1S/C16H31N3O2/c1-5-19(6-2)10-9-17-16(15(20)21-4)11-13-7-8-14(12-16)18(13)3/h13-14,17H,5-12H2,1-4H3. The van der Waals surface area contributed by atoms with E-state index in [0.717, 1.165) is 39.0 Å². The Labute approximate surface area is 129 Å². The van der Waals surface area contributed by atoms with Crippen molar-refractivity contribution >= 4 is 5.97 Å². The summed E-state index contributed by atoms with van der Waals surface area (Å²) in [5.41, 5.74) is -0.472. The van der Waals surface area contributed by atoms with Crippen LogP contribution in [0.15, 0.2) is 0 Å². The number of carbonyl (C=O) groups is 1. The second-order valence-corrected chi connectivity index (χ2v) is 6.49. The van der Waals surface area contributed by atoms with Crippen molar-refractivity contribution in [2.75, 3.05) is 40.3 Å². The number of nitrogens with zero attached hydrogens (tertiary/aromatic N) is 2. The zero-order valence-electron chi connectivity index (χ0n) is 14.0. The maximum Gasteiger partial charge on any atom is 0.326 e. The smallest absolute Gasteiger partial charge is 0.326 e. The van der Waals surface area contributed by atoms with E-state index in [4.69, 9.17) is 4.74 Å². The van der Waals surface area contributed by atoms with E-state index in [-0.39, 0.29) is 5.97 Å². The van der Waals surface area contributed by atoms with Gasteiger partial charge in [0.05, 0.1) is 7.11 Å². The van der Waals surface area contributed by atoms with Crippen LogP contribution in [-0.4, -0.2) is 73.7 Å². The fourth-order valence-corrected chi connectivity index (χ4v) is 4.04. The van der Waals surface area contributed by atoms with Gasteiger partial charge in [-0.2, -0.15) is 0 Å². The van der Waals surface area contributed by atoms with E-state index in [2.05, 4.69) is 36.0 Å². The highest BCUT2D eigenvalue weighted by molar-refractivity contribution is 5.81. The highest BCUT2D eigenvalue weighted by Crippen LogP contribution is 2.40. The van der Waals surface area contributed by atoms with Gasteiger partial charge in [0.2, 0.25) is 0 Å². The molecule has 5 heteroatoms. The van der Waals surface area contributed by atoms with E-state index in [1.165, 1.54) is 20.0 Å². The van der Waals surface area contributed by atoms with Crippen molar-refractivity contribution in [1.82, 2.24) is 15.1 Å². The van der Waals surface area contributed by atoms with Gasteiger partial charge in [0.1, 0.15) is 5.54 Å². The number of ether oxygens (including phenoxy) is 1. The van der Waals surface area contributed by atoms with Crippen LogP contribution in [-0.2, 0) is 9.53 Å². The molecule has 2 aliphatic heterocycles. The molecule has 2 fully saturated rings. The molecule has 2 aliphatic rings. The van der Waals surface area contributed by atoms with Crippen LogP contribution in [0.3, 0.4) is 0 Å². The first-order valence-corrected chi connectivity index (χ1v) is 8.34. The highest BCUT2D eigenvalue weighted by Gasteiger charge is 2.51. The summed E-state index contributed by atoms with van der Waals surface area (Å²) in [6.07, 6.45) is 4.17. The van der Waals surface area contributed by atoms with Gasteiger partial charge in [-0.25, -0.2) is 0 Å². The largest absolute Gasteiger partial charge is 0.468 e. The van der Waals surface area contributed by atoms with Crippen LogP contribution >= 0.6 is 0 Å². The van der Waals surface area contributed by atoms with Crippen LogP contribution in [0.4, 0.5) is 0 Å². The van der Waals surface area contributed by atoms with Crippen molar-refractivity contribution < 1.29 is 9.53 Å². The quantitative estimate of drug-likeness (QED) is 0.713. The minimum atomic E-state index is -0.472. The Morgan fingerprint density at radius 1 is 1.29 bits per heavy atom. The summed E-state index contributed by atoms with van der Waals surface area (Å²) in [6, 6.07) is 1.03. The maximum absolute atomic E-state index is 12.4. The summed E-state index contributed by atoms with van der Waals surface area (Å²) in [5.74, 6) is -0.0768. The lowest BCUT2D eigenvalue weighted by atomic mass is 9.83. The van der Waals surface area contributed by atoms with Crippen molar-refractivity contribution in [2.45, 2.75) is 57.2 Å². The molecule has 0 aromatic rings.